The largest absolute Gasteiger partial charge is 0.0622 e. The number of hydrogen-bond acceptors (Lipinski definition) is 0. The van der Waals surface area contributed by atoms with E-state index in [0.717, 1.165) is 17.5 Å². The predicted octanol–water partition coefficient (Wildman–Crippen LogP) is 6.98. The smallest absolute Gasteiger partial charge is 0.0363 e. The second-order valence-corrected chi connectivity index (χ2v) is 7.26. The summed E-state index contributed by atoms with van der Waals surface area (Å²) in [6.45, 7) is 0. The number of fused-ring (bicyclic) bond motifs is 3. The SMILES string of the molecule is C(#Cc1c(Cc2ccccc2)ccc2c1ccc1ccccc12)c1ccccc1. The summed E-state index contributed by atoms with van der Waals surface area (Å²) >= 11 is 0. The fraction of sp³-hybridized carbons (Fsp3) is 0.0345. The second-order valence-electron chi connectivity index (χ2n) is 7.26. The van der Waals surface area contributed by atoms with Crippen LogP contribution in [0.25, 0.3) is 21.5 Å². The third kappa shape index (κ3) is 3.51. The summed E-state index contributed by atoms with van der Waals surface area (Å²) in [6.07, 6.45) is 0.877. The van der Waals surface area contributed by atoms with E-state index in [-0.39, 0.29) is 0 Å². The first-order valence-corrected chi connectivity index (χ1v) is 9.93. The Balaban J connectivity index is 1.73. The van der Waals surface area contributed by atoms with Crippen molar-refractivity contribution in [2.45, 2.75) is 6.42 Å². The van der Waals surface area contributed by atoms with Crippen LogP contribution in [0.5, 0.6) is 0 Å². The molecule has 5 rings (SSSR count). The van der Waals surface area contributed by atoms with Crippen LogP contribution in [0.1, 0.15) is 22.3 Å². The lowest BCUT2D eigenvalue weighted by Gasteiger charge is -2.11. The van der Waals surface area contributed by atoms with E-state index in [4.69, 9.17) is 0 Å². The van der Waals surface area contributed by atoms with E-state index in [0.29, 0.717) is 0 Å². The molecule has 0 heterocycles. The van der Waals surface area contributed by atoms with Crippen LogP contribution in [0.15, 0.2) is 109 Å². The van der Waals surface area contributed by atoms with Crippen molar-refractivity contribution in [1.29, 1.82) is 0 Å². The average Bonchev–Trinajstić information content (AvgIpc) is 2.79. The Morgan fingerprint density at radius 3 is 2.00 bits per heavy atom. The molecule has 0 atom stereocenters. The highest BCUT2D eigenvalue weighted by atomic mass is 14.1. The van der Waals surface area contributed by atoms with Crippen LogP contribution in [-0.4, -0.2) is 0 Å². The minimum Gasteiger partial charge on any atom is -0.0622 e. The molecular formula is C29H20. The first-order chi connectivity index (χ1) is 14.4. The average molecular weight is 368 g/mol. The van der Waals surface area contributed by atoms with Crippen LogP contribution in [0.4, 0.5) is 0 Å². The molecule has 0 bridgehead atoms. The van der Waals surface area contributed by atoms with Gasteiger partial charge in [0.2, 0.25) is 0 Å². The van der Waals surface area contributed by atoms with Gasteiger partial charge in [0.05, 0.1) is 0 Å². The number of rotatable bonds is 2. The van der Waals surface area contributed by atoms with E-state index in [1.54, 1.807) is 0 Å². The van der Waals surface area contributed by atoms with Crippen molar-refractivity contribution in [3.8, 4) is 11.8 Å². The van der Waals surface area contributed by atoms with Gasteiger partial charge in [0.15, 0.2) is 0 Å². The molecule has 0 saturated carbocycles. The highest BCUT2D eigenvalue weighted by Crippen LogP contribution is 2.30. The Morgan fingerprint density at radius 2 is 1.17 bits per heavy atom. The first kappa shape index (κ1) is 17.3. The third-order valence-corrected chi connectivity index (χ3v) is 5.36. The molecule has 136 valence electrons. The lowest BCUT2D eigenvalue weighted by atomic mass is 9.92. The molecule has 0 fully saturated rings. The monoisotopic (exact) mass is 368 g/mol. The van der Waals surface area contributed by atoms with Gasteiger partial charge in [-0.3, -0.25) is 0 Å². The molecule has 0 aromatic heterocycles. The molecule has 0 radical (unpaired) electrons. The van der Waals surface area contributed by atoms with Gasteiger partial charge in [0.25, 0.3) is 0 Å². The molecule has 0 nitrogen and oxygen atoms in total. The maximum atomic E-state index is 3.51. The predicted molar refractivity (Wildman–Crippen MR) is 123 cm³/mol. The fourth-order valence-corrected chi connectivity index (χ4v) is 3.90. The molecule has 0 N–H and O–H groups in total. The molecule has 0 aliphatic carbocycles. The maximum Gasteiger partial charge on any atom is 0.0363 e. The zero-order valence-corrected chi connectivity index (χ0v) is 16.1. The molecule has 0 heteroatoms. The van der Waals surface area contributed by atoms with Crippen molar-refractivity contribution in [3.05, 3.63) is 131 Å². The molecular weight excluding hydrogens is 348 g/mol. The quantitative estimate of drug-likeness (QED) is 0.233. The van der Waals surface area contributed by atoms with Crippen LogP contribution < -0.4 is 0 Å². The van der Waals surface area contributed by atoms with E-state index in [9.17, 15) is 0 Å². The van der Waals surface area contributed by atoms with Gasteiger partial charge < -0.3 is 0 Å². The summed E-state index contributed by atoms with van der Waals surface area (Å²) < 4.78 is 0. The van der Waals surface area contributed by atoms with E-state index in [1.807, 2.05) is 18.2 Å². The molecule has 0 saturated heterocycles. The van der Waals surface area contributed by atoms with Gasteiger partial charge in [0.1, 0.15) is 0 Å². The number of hydrogen-bond donors (Lipinski definition) is 0. The summed E-state index contributed by atoms with van der Waals surface area (Å²) in [5.74, 6) is 6.88. The first-order valence-electron chi connectivity index (χ1n) is 9.93. The van der Waals surface area contributed by atoms with E-state index < -0.39 is 0 Å². The minimum atomic E-state index is 0.877. The summed E-state index contributed by atoms with van der Waals surface area (Å²) in [7, 11) is 0. The normalized spacial score (nSPS) is 10.6. The molecule has 0 amide bonds. The Hall–Kier alpha value is -3.82. The standard InChI is InChI=1S/C29H20/c1-3-9-22(10-4-1)15-18-27-25(21-23-11-5-2-6-12-23)17-20-28-26-14-8-7-13-24(26)16-19-29(27)28/h1-14,16-17,19-20H,21H2. The van der Waals surface area contributed by atoms with Crippen molar-refractivity contribution in [2.75, 3.05) is 0 Å². The molecule has 29 heavy (non-hydrogen) atoms. The summed E-state index contributed by atoms with van der Waals surface area (Å²) in [5.41, 5.74) is 4.73. The Kier molecular flexibility index (Phi) is 4.57. The molecule has 0 aliphatic rings. The van der Waals surface area contributed by atoms with Gasteiger partial charge in [-0.2, -0.15) is 0 Å². The highest BCUT2D eigenvalue weighted by molar-refractivity contribution is 6.09. The van der Waals surface area contributed by atoms with Crippen molar-refractivity contribution >= 4 is 21.5 Å². The van der Waals surface area contributed by atoms with Gasteiger partial charge in [-0.05, 0) is 51.2 Å². The third-order valence-electron chi connectivity index (χ3n) is 5.36. The van der Waals surface area contributed by atoms with Crippen LogP contribution >= 0.6 is 0 Å². The van der Waals surface area contributed by atoms with Crippen molar-refractivity contribution in [1.82, 2.24) is 0 Å². The van der Waals surface area contributed by atoms with Crippen molar-refractivity contribution in [2.24, 2.45) is 0 Å². The van der Waals surface area contributed by atoms with Gasteiger partial charge in [-0.15, -0.1) is 0 Å². The van der Waals surface area contributed by atoms with Crippen molar-refractivity contribution < 1.29 is 0 Å². The summed E-state index contributed by atoms with van der Waals surface area (Å²) in [6, 6.07) is 38.3. The summed E-state index contributed by atoms with van der Waals surface area (Å²) in [5, 5.41) is 5.02. The molecule has 5 aromatic rings. The van der Waals surface area contributed by atoms with Crippen LogP contribution in [0.3, 0.4) is 0 Å². The Bertz CT molecular complexity index is 1350. The lowest BCUT2D eigenvalue weighted by Crippen LogP contribution is -1.94. The van der Waals surface area contributed by atoms with E-state index in [1.165, 1.54) is 32.7 Å². The zero-order chi connectivity index (χ0) is 19.5. The Morgan fingerprint density at radius 1 is 0.483 bits per heavy atom. The molecule has 5 aromatic carbocycles. The van der Waals surface area contributed by atoms with Crippen molar-refractivity contribution in [3.63, 3.8) is 0 Å². The lowest BCUT2D eigenvalue weighted by molar-refractivity contribution is 1.19. The molecule has 0 unspecified atom stereocenters. The van der Waals surface area contributed by atoms with Crippen LogP contribution in [-0.2, 0) is 6.42 Å². The van der Waals surface area contributed by atoms with Gasteiger partial charge in [0, 0.05) is 11.1 Å². The summed E-state index contributed by atoms with van der Waals surface area (Å²) in [4.78, 5) is 0. The second kappa shape index (κ2) is 7.66. The number of benzene rings is 5. The minimum absolute atomic E-state index is 0.877. The van der Waals surface area contributed by atoms with Gasteiger partial charge in [-0.25, -0.2) is 0 Å². The topological polar surface area (TPSA) is 0 Å². The fourth-order valence-electron chi connectivity index (χ4n) is 3.90. The molecule has 0 aliphatic heterocycles. The van der Waals surface area contributed by atoms with Gasteiger partial charge in [-0.1, -0.05) is 109 Å². The Labute approximate surface area is 171 Å². The maximum absolute atomic E-state index is 3.51. The highest BCUT2D eigenvalue weighted by Gasteiger charge is 2.09. The van der Waals surface area contributed by atoms with Gasteiger partial charge >= 0.3 is 0 Å². The molecule has 0 spiro atoms. The van der Waals surface area contributed by atoms with Crippen LogP contribution in [0.2, 0.25) is 0 Å². The van der Waals surface area contributed by atoms with E-state index in [2.05, 4.69) is 103 Å². The van der Waals surface area contributed by atoms with Crippen LogP contribution in [0, 0.1) is 11.8 Å². The zero-order valence-electron chi connectivity index (χ0n) is 16.1. The van der Waals surface area contributed by atoms with E-state index >= 15 is 0 Å².